The van der Waals surface area contributed by atoms with E-state index >= 15 is 0 Å². The molecule has 0 bridgehead atoms. The predicted molar refractivity (Wildman–Crippen MR) is 34.9 cm³/mol. The lowest BCUT2D eigenvalue weighted by Gasteiger charge is -1.68. The highest BCUT2D eigenvalue weighted by molar-refractivity contribution is 4.69. The highest BCUT2D eigenvalue weighted by Crippen LogP contribution is 1.61. The van der Waals surface area contributed by atoms with Crippen molar-refractivity contribution in [1.29, 1.82) is 10.5 Å². The van der Waals surface area contributed by atoms with Gasteiger partial charge in [0.25, 0.3) is 12.5 Å². The molecule has 1 heterocycles. The van der Waals surface area contributed by atoms with Gasteiger partial charge in [-0.3, -0.25) is 0 Å². The number of aliphatic hydroxyl groups excluding tert-OH is 2. The van der Waals surface area contributed by atoms with E-state index in [4.69, 9.17) is 20.7 Å². The van der Waals surface area contributed by atoms with E-state index in [1.807, 2.05) is 0 Å². The molecule has 0 spiro atoms. The highest BCUT2D eigenvalue weighted by Gasteiger charge is 1.60. The normalized spacial score (nSPS) is 5.17. The van der Waals surface area contributed by atoms with Crippen molar-refractivity contribution in [2.24, 2.45) is 0 Å². The fourth-order valence-corrected chi connectivity index (χ4v) is 0.205. The summed E-state index contributed by atoms with van der Waals surface area (Å²) in [5.74, 6) is 0. The number of nitriles is 2. The Labute approximate surface area is 68.1 Å². The Balaban J connectivity index is 0. The lowest BCUT2D eigenvalue weighted by atomic mass is 10.7. The van der Waals surface area contributed by atoms with Crippen LogP contribution in [0, 0.1) is 23.0 Å². The lowest BCUT2D eigenvalue weighted by molar-refractivity contribution is 0.502. The summed E-state index contributed by atoms with van der Waals surface area (Å²) in [5.41, 5.74) is 0. The fourth-order valence-electron chi connectivity index (χ4n) is 0.205. The second-order valence-electron chi connectivity index (χ2n) is 1.01. The topological polar surface area (TPSA) is 127 Å². The van der Waals surface area contributed by atoms with E-state index in [1.54, 1.807) is 18.5 Å². The fraction of sp³-hybridized carbons (Fsp3) is 0. The first-order valence-corrected chi connectivity index (χ1v) is 2.48. The molecule has 1 aromatic rings. The van der Waals surface area contributed by atoms with Crippen LogP contribution >= 0.6 is 0 Å². The standard InChI is InChI=1S/C3H3N3.2CHNO/c1-2-4-6-5-3-1;2*2-1-3/h1-3H;2*3H. The van der Waals surface area contributed by atoms with Gasteiger partial charge >= 0.3 is 0 Å². The van der Waals surface area contributed by atoms with Crippen molar-refractivity contribution in [3.63, 3.8) is 0 Å². The van der Waals surface area contributed by atoms with Gasteiger partial charge in [-0.25, -0.2) is 0 Å². The lowest BCUT2D eigenvalue weighted by Crippen LogP contribution is -1.78. The summed E-state index contributed by atoms with van der Waals surface area (Å²) in [7, 11) is 0. The molecule has 62 valence electrons. The van der Waals surface area contributed by atoms with Gasteiger partial charge in [0.15, 0.2) is 0 Å². The minimum atomic E-state index is 0.750. The Morgan fingerprint density at radius 3 is 1.42 bits per heavy atom. The van der Waals surface area contributed by atoms with Gasteiger partial charge in [0.1, 0.15) is 0 Å². The van der Waals surface area contributed by atoms with Gasteiger partial charge in [-0.15, -0.1) is 10.2 Å². The molecule has 7 heteroatoms. The third-order valence-corrected chi connectivity index (χ3v) is 0.409. The molecule has 1 aromatic heterocycles. The average Bonchev–Trinajstić information content (AvgIpc) is 2.10. The maximum Gasteiger partial charge on any atom is 0.283 e. The molecule has 0 saturated heterocycles. The number of hydrogen-bond acceptors (Lipinski definition) is 7. The molecule has 0 fully saturated rings. The van der Waals surface area contributed by atoms with Crippen molar-refractivity contribution in [2.45, 2.75) is 0 Å². The Morgan fingerprint density at radius 1 is 1.00 bits per heavy atom. The van der Waals surface area contributed by atoms with E-state index in [1.165, 1.54) is 0 Å². The minimum Gasteiger partial charge on any atom is -0.443 e. The van der Waals surface area contributed by atoms with Crippen molar-refractivity contribution in [1.82, 2.24) is 15.4 Å². The van der Waals surface area contributed by atoms with Crippen LogP contribution in [0.1, 0.15) is 0 Å². The molecule has 2 N–H and O–H groups in total. The molecule has 0 atom stereocenters. The predicted octanol–water partition coefficient (Wildman–Crippen LogP) is -0.448. The van der Waals surface area contributed by atoms with E-state index in [0.717, 1.165) is 12.5 Å². The van der Waals surface area contributed by atoms with Crippen molar-refractivity contribution < 1.29 is 10.2 Å². The van der Waals surface area contributed by atoms with Crippen LogP contribution in [0.15, 0.2) is 18.5 Å². The molecule has 0 aromatic carbocycles. The zero-order valence-electron chi connectivity index (χ0n) is 5.86. The van der Waals surface area contributed by atoms with Crippen LogP contribution in [0.25, 0.3) is 0 Å². The summed E-state index contributed by atoms with van der Waals surface area (Å²) in [6.07, 6.45) is 4.65. The zero-order chi connectivity index (χ0) is 9.66. The SMILES string of the molecule is N#CO.N#CO.c1cnnnc1. The molecule has 0 amide bonds. The largest absolute Gasteiger partial charge is 0.443 e. The molecule has 0 saturated carbocycles. The van der Waals surface area contributed by atoms with Gasteiger partial charge in [0, 0.05) is 0 Å². The maximum atomic E-state index is 6.88. The summed E-state index contributed by atoms with van der Waals surface area (Å²) in [6.45, 7) is 0. The first kappa shape index (κ1) is 12.3. The third kappa shape index (κ3) is 25.6. The summed E-state index contributed by atoms with van der Waals surface area (Å²) < 4.78 is 0. The Kier molecular flexibility index (Phi) is 16.2. The zero-order valence-corrected chi connectivity index (χ0v) is 5.86. The van der Waals surface area contributed by atoms with Crippen LogP contribution in [0.5, 0.6) is 0 Å². The molecule has 0 aliphatic carbocycles. The second kappa shape index (κ2) is 15.8. The van der Waals surface area contributed by atoms with Crippen molar-refractivity contribution in [3.8, 4) is 12.5 Å². The number of nitrogens with zero attached hydrogens (tertiary/aromatic N) is 5. The monoisotopic (exact) mass is 167 g/mol. The third-order valence-electron chi connectivity index (χ3n) is 0.409. The quantitative estimate of drug-likeness (QED) is 0.501. The van der Waals surface area contributed by atoms with E-state index in [-0.39, 0.29) is 0 Å². The molecule has 0 aliphatic heterocycles. The summed E-state index contributed by atoms with van der Waals surface area (Å²) >= 11 is 0. The van der Waals surface area contributed by atoms with Crippen LogP contribution in [0.3, 0.4) is 0 Å². The molecule has 12 heavy (non-hydrogen) atoms. The highest BCUT2D eigenvalue weighted by atomic mass is 16.2. The van der Waals surface area contributed by atoms with Gasteiger partial charge in [0.05, 0.1) is 12.4 Å². The van der Waals surface area contributed by atoms with Crippen LogP contribution in [0.2, 0.25) is 0 Å². The Hall–Kier alpha value is -2.41. The van der Waals surface area contributed by atoms with Gasteiger partial charge < -0.3 is 10.2 Å². The van der Waals surface area contributed by atoms with Gasteiger partial charge in [-0.1, -0.05) is 0 Å². The molecule has 0 aliphatic rings. The smallest absolute Gasteiger partial charge is 0.283 e. The average molecular weight is 167 g/mol. The van der Waals surface area contributed by atoms with Gasteiger partial charge in [0.2, 0.25) is 0 Å². The number of hydrogen-bond donors (Lipinski definition) is 2. The molecule has 7 nitrogen and oxygen atoms in total. The Morgan fingerprint density at radius 2 is 1.33 bits per heavy atom. The molecule has 1 rings (SSSR count). The van der Waals surface area contributed by atoms with Crippen LogP contribution < -0.4 is 0 Å². The number of aromatic nitrogens is 3. The van der Waals surface area contributed by atoms with E-state index in [9.17, 15) is 0 Å². The van der Waals surface area contributed by atoms with E-state index in [0.29, 0.717) is 0 Å². The van der Waals surface area contributed by atoms with E-state index in [2.05, 4.69) is 15.4 Å². The van der Waals surface area contributed by atoms with E-state index < -0.39 is 0 Å². The van der Waals surface area contributed by atoms with Crippen LogP contribution in [-0.4, -0.2) is 25.6 Å². The van der Waals surface area contributed by atoms with Crippen molar-refractivity contribution in [3.05, 3.63) is 18.5 Å². The second-order valence-corrected chi connectivity index (χ2v) is 1.01. The number of rotatable bonds is 0. The molecular formula is C5H5N5O2. The summed E-state index contributed by atoms with van der Waals surface area (Å²) in [5, 5.41) is 37.6. The van der Waals surface area contributed by atoms with Crippen LogP contribution in [0.4, 0.5) is 0 Å². The molecule has 0 unspecified atom stereocenters. The first-order chi connectivity index (χ1) is 5.83. The Bertz CT molecular complexity index is 200. The van der Waals surface area contributed by atoms with Gasteiger partial charge in [-0.05, 0) is 11.3 Å². The van der Waals surface area contributed by atoms with Crippen molar-refractivity contribution >= 4 is 0 Å². The van der Waals surface area contributed by atoms with Crippen molar-refractivity contribution in [2.75, 3.05) is 0 Å². The number of aliphatic hydroxyl groups is 2. The maximum absolute atomic E-state index is 6.88. The first-order valence-electron chi connectivity index (χ1n) is 2.48. The summed E-state index contributed by atoms with van der Waals surface area (Å²) in [6, 6.07) is 1.72. The molecular weight excluding hydrogens is 162 g/mol. The molecule has 0 radical (unpaired) electrons. The summed E-state index contributed by atoms with van der Waals surface area (Å²) in [4.78, 5) is 0. The van der Waals surface area contributed by atoms with Crippen LogP contribution in [-0.2, 0) is 0 Å². The minimum absolute atomic E-state index is 0.750. The van der Waals surface area contributed by atoms with Gasteiger partial charge in [-0.2, -0.15) is 10.5 Å².